The van der Waals surface area contributed by atoms with Gasteiger partial charge < -0.3 is 10.6 Å². The summed E-state index contributed by atoms with van der Waals surface area (Å²) in [5, 5.41) is 5.87. The Kier molecular flexibility index (Phi) is 5.57. The smallest absolute Gasteiger partial charge is 0.239 e. The van der Waals surface area contributed by atoms with Gasteiger partial charge in [0.1, 0.15) is 0 Å². The second-order valence-electron chi connectivity index (χ2n) is 10.5. The van der Waals surface area contributed by atoms with Gasteiger partial charge in [-0.2, -0.15) is 0 Å². The third-order valence-electron chi connectivity index (χ3n) is 8.11. The van der Waals surface area contributed by atoms with Gasteiger partial charge in [0.15, 0.2) is 0 Å². The van der Waals surface area contributed by atoms with Gasteiger partial charge in [-0.05, 0) is 79.2 Å². The minimum atomic E-state index is -0.0775. The van der Waals surface area contributed by atoms with Crippen LogP contribution >= 0.6 is 0 Å². The van der Waals surface area contributed by atoms with E-state index >= 15 is 0 Å². The highest BCUT2D eigenvalue weighted by molar-refractivity contribution is 5.84. The second kappa shape index (κ2) is 8.33. The molecule has 6 rings (SSSR count). The van der Waals surface area contributed by atoms with E-state index in [-0.39, 0.29) is 23.8 Å². The molecule has 1 aliphatic heterocycles. The molecule has 4 saturated carbocycles. The Morgan fingerprint density at radius 3 is 2.30 bits per heavy atom. The van der Waals surface area contributed by atoms with Crippen LogP contribution in [0.25, 0.3) is 0 Å². The van der Waals surface area contributed by atoms with Gasteiger partial charge in [0.2, 0.25) is 11.8 Å². The van der Waals surface area contributed by atoms with Gasteiger partial charge in [0, 0.05) is 32.6 Å². The average molecular weight is 410 g/mol. The SMILES string of the molecule is O=C(CNC(=O)CC12CC3CC(CC(C3)C1)C2)NCCN1CCc2ccccc2C1. The number of carbonyl (C=O) groups is 2. The first kappa shape index (κ1) is 20.0. The molecule has 1 aromatic carbocycles. The molecular weight excluding hydrogens is 374 g/mol. The van der Waals surface area contributed by atoms with Crippen LogP contribution in [0.2, 0.25) is 0 Å². The number of nitrogens with one attached hydrogen (secondary N) is 2. The zero-order chi connectivity index (χ0) is 20.6. The molecule has 5 heteroatoms. The molecule has 0 saturated heterocycles. The van der Waals surface area contributed by atoms with E-state index in [0.717, 1.165) is 43.8 Å². The first-order valence-corrected chi connectivity index (χ1v) is 11.9. The maximum Gasteiger partial charge on any atom is 0.239 e. The van der Waals surface area contributed by atoms with Crippen molar-refractivity contribution in [2.45, 2.75) is 57.9 Å². The van der Waals surface area contributed by atoms with Crippen LogP contribution in [0.4, 0.5) is 0 Å². The third-order valence-corrected chi connectivity index (χ3v) is 8.11. The second-order valence-corrected chi connectivity index (χ2v) is 10.5. The lowest BCUT2D eigenvalue weighted by Gasteiger charge is -2.56. The van der Waals surface area contributed by atoms with Crippen molar-refractivity contribution in [1.82, 2.24) is 15.5 Å². The van der Waals surface area contributed by atoms with Crippen molar-refractivity contribution >= 4 is 11.8 Å². The van der Waals surface area contributed by atoms with E-state index in [2.05, 4.69) is 39.8 Å². The van der Waals surface area contributed by atoms with Crippen molar-refractivity contribution in [3.63, 3.8) is 0 Å². The number of nitrogens with zero attached hydrogens (tertiary/aromatic N) is 1. The van der Waals surface area contributed by atoms with E-state index in [9.17, 15) is 9.59 Å². The predicted molar refractivity (Wildman–Crippen MR) is 117 cm³/mol. The topological polar surface area (TPSA) is 61.4 Å². The van der Waals surface area contributed by atoms with E-state index in [0.29, 0.717) is 13.0 Å². The van der Waals surface area contributed by atoms with Crippen LogP contribution < -0.4 is 10.6 Å². The molecule has 2 amide bonds. The highest BCUT2D eigenvalue weighted by Gasteiger charge is 2.51. The first-order valence-electron chi connectivity index (χ1n) is 11.9. The van der Waals surface area contributed by atoms with Crippen molar-refractivity contribution in [3.05, 3.63) is 35.4 Å². The quantitative estimate of drug-likeness (QED) is 0.728. The lowest BCUT2D eigenvalue weighted by Crippen LogP contribution is -2.48. The molecule has 0 unspecified atom stereocenters. The van der Waals surface area contributed by atoms with Gasteiger partial charge in [-0.3, -0.25) is 14.5 Å². The van der Waals surface area contributed by atoms with Crippen molar-refractivity contribution < 1.29 is 9.59 Å². The van der Waals surface area contributed by atoms with Gasteiger partial charge >= 0.3 is 0 Å². The summed E-state index contributed by atoms with van der Waals surface area (Å²) in [6.45, 7) is 3.57. The molecule has 2 N–H and O–H groups in total. The molecule has 1 heterocycles. The van der Waals surface area contributed by atoms with Crippen molar-refractivity contribution in [1.29, 1.82) is 0 Å². The van der Waals surface area contributed by atoms with E-state index in [4.69, 9.17) is 0 Å². The zero-order valence-electron chi connectivity index (χ0n) is 18.0. The van der Waals surface area contributed by atoms with E-state index in [1.165, 1.54) is 49.7 Å². The Morgan fingerprint density at radius 2 is 1.60 bits per heavy atom. The first-order chi connectivity index (χ1) is 14.6. The fourth-order valence-electron chi connectivity index (χ4n) is 7.25. The maximum atomic E-state index is 12.6. The largest absolute Gasteiger partial charge is 0.353 e. The van der Waals surface area contributed by atoms with E-state index in [1.54, 1.807) is 0 Å². The molecule has 0 spiro atoms. The van der Waals surface area contributed by atoms with Crippen LogP contribution in [0, 0.1) is 23.2 Å². The third kappa shape index (κ3) is 4.41. The number of rotatable bonds is 7. The summed E-state index contributed by atoms with van der Waals surface area (Å²) in [5.74, 6) is 2.56. The molecule has 4 aliphatic carbocycles. The number of amides is 2. The Morgan fingerprint density at radius 1 is 0.933 bits per heavy atom. The van der Waals surface area contributed by atoms with Crippen molar-refractivity contribution in [2.24, 2.45) is 23.2 Å². The van der Waals surface area contributed by atoms with Crippen molar-refractivity contribution in [3.8, 4) is 0 Å². The molecule has 162 valence electrons. The fraction of sp³-hybridized carbons (Fsp3) is 0.680. The van der Waals surface area contributed by atoms with Crippen LogP contribution in [0.15, 0.2) is 24.3 Å². The summed E-state index contributed by atoms with van der Waals surface area (Å²) < 4.78 is 0. The predicted octanol–water partition coefficient (Wildman–Crippen LogP) is 2.88. The van der Waals surface area contributed by atoms with Gasteiger partial charge in [-0.25, -0.2) is 0 Å². The molecular formula is C25H35N3O2. The van der Waals surface area contributed by atoms with Gasteiger partial charge in [0.25, 0.3) is 0 Å². The summed E-state index contributed by atoms with van der Waals surface area (Å²) >= 11 is 0. The fourth-order valence-corrected chi connectivity index (χ4v) is 7.25. The lowest BCUT2D eigenvalue weighted by molar-refractivity contribution is -0.131. The number of fused-ring (bicyclic) bond motifs is 1. The van der Waals surface area contributed by atoms with Crippen molar-refractivity contribution in [2.75, 3.05) is 26.2 Å². The van der Waals surface area contributed by atoms with Gasteiger partial charge in [-0.1, -0.05) is 24.3 Å². The molecule has 1 aromatic rings. The van der Waals surface area contributed by atoms with Gasteiger partial charge in [-0.15, -0.1) is 0 Å². The molecule has 4 bridgehead atoms. The number of hydrogen-bond acceptors (Lipinski definition) is 3. The minimum Gasteiger partial charge on any atom is -0.353 e. The molecule has 0 aromatic heterocycles. The van der Waals surface area contributed by atoms with E-state index < -0.39 is 0 Å². The Hall–Kier alpha value is -1.88. The van der Waals surface area contributed by atoms with Gasteiger partial charge in [0.05, 0.1) is 6.54 Å². The molecule has 5 aliphatic rings. The van der Waals surface area contributed by atoms with Crippen LogP contribution in [0.1, 0.15) is 56.1 Å². The Balaban J connectivity index is 1.01. The zero-order valence-corrected chi connectivity index (χ0v) is 18.0. The number of carbonyl (C=O) groups excluding carboxylic acids is 2. The molecule has 30 heavy (non-hydrogen) atoms. The molecule has 0 radical (unpaired) electrons. The minimum absolute atomic E-state index is 0.0692. The molecule has 4 fully saturated rings. The Labute approximate surface area is 180 Å². The highest BCUT2D eigenvalue weighted by Crippen LogP contribution is 2.61. The summed E-state index contributed by atoms with van der Waals surface area (Å²) in [4.78, 5) is 27.2. The highest BCUT2D eigenvalue weighted by atomic mass is 16.2. The monoisotopic (exact) mass is 409 g/mol. The van der Waals surface area contributed by atoms with E-state index in [1.807, 2.05) is 0 Å². The summed E-state index contributed by atoms with van der Waals surface area (Å²) in [7, 11) is 0. The average Bonchev–Trinajstić information content (AvgIpc) is 2.71. The summed E-state index contributed by atoms with van der Waals surface area (Å²) in [5.41, 5.74) is 3.08. The Bertz CT molecular complexity index is 770. The van der Waals surface area contributed by atoms with Crippen LogP contribution in [0.3, 0.4) is 0 Å². The van der Waals surface area contributed by atoms with Crippen LogP contribution in [0.5, 0.6) is 0 Å². The number of benzene rings is 1. The molecule has 5 nitrogen and oxygen atoms in total. The number of hydrogen-bond donors (Lipinski definition) is 2. The summed E-state index contributed by atoms with van der Waals surface area (Å²) in [6, 6.07) is 8.60. The molecule has 0 atom stereocenters. The van der Waals surface area contributed by atoms with Crippen LogP contribution in [-0.4, -0.2) is 42.9 Å². The lowest BCUT2D eigenvalue weighted by atomic mass is 9.49. The van der Waals surface area contributed by atoms with Crippen LogP contribution in [-0.2, 0) is 22.6 Å². The normalized spacial score (nSPS) is 31.9. The summed E-state index contributed by atoms with van der Waals surface area (Å²) in [6.07, 6.45) is 9.58. The maximum absolute atomic E-state index is 12.6. The standard InChI is InChI=1S/C25H35N3O2/c29-23(15-25-12-18-9-19(13-25)11-20(10-18)14-25)27-16-24(30)26-6-8-28-7-5-21-3-1-2-4-22(21)17-28/h1-4,18-20H,5-17H2,(H,26,30)(H,27,29).